The normalized spacial score (nSPS) is 12.7. The van der Waals surface area contributed by atoms with E-state index in [0.717, 1.165) is 55.5 Å². The lowest BCUT2D eigenvalue weighted by Crippen LogP contribution is -2.09. The molecule has 0 saturated heterocycles. The number of hydrogen-bond donors (Lipinski definition) is 1. The van der Waals surface area contributed by atoms with Crippen molar-refractivity contribution in [3.8, 4) is 11.1 Å². The fourth-order valence-electron chi connectivity index (χ4n) is 4.53. The van der Waals surface area contributed by atoms with Gasteiger partial charge >= 0.3 is 0 Å². The molecule has 1 N–H and O–H groups in total. The highest BCUT2D eigenvalue weighted by molar-refractivity contribution is 6.04. The second kappa shape index (κ2) is 6.99. The number of nitrogens with one attached hydrogen (secondary N) is 1. The van der Waals surface area contributed by atoms with Crippen LogP contribution in [0.25, 0.3) is 44.1 Å². The van der Waals surface area contributed by atoms with E-state index in [1.165, 1.54) is 12.1 Å². The van der Waals surface area contributed by atoms with Crippen molar-refractivity contribution in [1.29, 1.82) is 0 Å². The van der Waals surface area contributed by atoms with Crippen molar-refractivity contribution in [1.82, 2.24) is 24.5 Å². The van der Waals surface area contributed by atoms with Gasteiger partial charge in [-0.25, -0.2) is 14.4 Å². The minimum absolute atomic E-state index is 0.00673. The third-order valence-corrected chi connectivity index (χ3v) is 6.17. The lowest BCUT2D eigenvalue weighted by atomic mass is 10.0. The zero-order valence-electron chi connectivity index (χ0n) is 17.7. The van der Waals surface area contributed by atoms with E-state index in [4.69, 9.17) is 4.98 Å². The van der Waals surface area contributed by atoms with Gasteiger partial charge in [0.05, 0.1) is 23.3 Å². The highest BCUT2D eigenvalue weighted by atomic mass is 19.1. The second-order valence-electron chi connectivity index (χ2n) is 8.12. The number of pyridine rings is 2. The molecule has 4 heterocycles. The molecular weight excluding hydrogens is 401 g/mol. The van der Waals surface area contributed by atoms with Crippen LogP contribution < -0.4 is 0 Å². The van der Waals surface area contributed by atoms with E-state index in [1.54, 1.807) is 0 Å². The number of aromatic nitrogens is 5. The molecule has 6 heteroatoms. The van der Waals surface area contributed by atoms with E-state index in [1.807, 2.05) is 49.8 Å². The lowest BCUT2D eigenvalue weighted by molar-refractivity contribution is 0.615. The number of fused-ring (bicyclic) bond motifs is 4. The Morgan fingerprint density at radius 1 is 0.906 bits per heavy atom. The van der Waals surface area contributed by atoms with E-state index in [2.05, 4.69) is 44.6 Å². The molecule has 0 aliphatic rings. The Kier molecular flexibility index (Phi) is 4.08. The van der Waals surface area contributed by atoms with E-state index in [-0.39, 0.29) is 11.9 Å². The first-order chi connectivity index (χ1) is 15.6. The monoisotopic (exact) mass is 421 g/mol. The first kappa shape index (κ1) is 18.7. The molecule has 2 aromatic carbocycles. The van der Waals surface area contributed by atoms with Crippen LogP contribution in [-0.2, 0) is 0 Å². The second-order valence-corrected chi connectivity index (χ2v) is 8.12. The molecule has 6 aromatic rings. The topological polar surface area (TPSA) is 59.4 Å². The Labute approximate surface area is 183 Å². The van der Waals surface area contributed by atoms with Crippen molar-refractivity contribution in [3.63, 3.8) is 0 Å². The van der Waals surface area contributed by atoms with Crippen LogP contribution in [0.1, 0.15) is 24.4 Å². The maximum Gasteiger partial charge on any atom is 0.137 e. The zero-order valence-corrected chi connectivity index (χ0v) is 17.7. The average Bonchev–Trinajstić information content (AvgIpc) is 3.41. The predicted molar refractivity (Wildman–Crippen MR) is 125 cm³/mol. The van der Waals surface area contributed by atoms with Crippen LogP contribution in [0.15, 0.2) is 73.2 Å². The molecule has 0 spiro atoms. The molecule has 0 fully saturated rings. The van der Waals surface area contributed by atoms with Gasteiger partial charge in [0.1, 0.15) is 22.8 Å². The minimum Gasteiger partial charge on any atom is -0.346 e. The van der Waals surface area contributed by atoms with Crippen LogP contribution in [0.4, 0.5) is 4.39 Å². The summed E-state index contributed by atoms with van der Waals surface area (Å²) in [4.78, 5) is 17.1. The molecule has 0 unspecified atom stereocenters. The summed E-state index contributed by atoms with van der Waals surface area (Å²) in [6, 6.07) is 17.1. The number of imidazole rings is 1. The van der Waals surface area contributed by atoms with Gasteiger partial charge in [0, 0.05) is 28.7 Å². The number of halogens is 1. The molecule has 6 rings (SSSR count). The third kappa shape index (κ3) is 2.87. The van der Waals surface area contributed by atoms with E-state index < -0.39 is 0 Å². The average molecular weight is 421 g/mol. The highest BCUT2D eigenvalue weighted by Crippen LogP contribution is 2.33. The quantitative estimate of drug-likeness (QED) is 0.371. The van der Waals surface area contributed by atoms with Crippen molar-refractivity contribution in [2.75, 3.05) is 0 Å². The van der Waals surface area contributed by atoms with Gasteiger partial charge in [0.25, 0.3) is 0 Å². The SMILES string of the molecule is Cc1nc2cnc3ccc(-c4cnc5[nH]ccc5c4)cc3c2n1[C@H](C)c1ccc(F)cc1. The zero-order chi connectivity index (χ0) is 21.8. The molecule has 0 amide bonds. The van der Waals surface area contributed by atoms with Crippen molar-refractivity contribution >= 4 is 33.0 Å². The number of aryl methyl sites for hydroxylation is 1. The molecule has 156 valence electrons. The lowest BCUT2D eigenvalue weighted by Gasteiger charge is -2.18. The molecule has 1 atom stereocenters. The number of aromatic amines is 1. The standard InChI is InChI=1S/C26H20FN5/c1-15(17-3-6-21(27)7-4-17)32-16(2)31-24-14-29-23-8-5-18(12-22(23)25(24)32)20-11-19-9-10-28-26(19)30-13-20/h3-15H,1-2H3,(H,28,30)/t15-/m1/s1. The molecule has 0 saturated carbocycles. The van der Waals surface area contributed by atoms with Gasteiger partial charge in [-0.05, 0) is 61.4 Å². The van der Waals surface area contributed by atoms with E-state index >= 15 is 0 Å². The number of benzene rings is 2. The third-order valence-electron chi connectivity index (χ3n) is 6.17. The van der Waals surface area contributed by atoms with Crippen LogP contribution >= 0.6 is 0 Å². The Hall–Kier alpha value is -4.06. The maximum atomic E-state index is 13.5. The molecule has 4 aromatic heterocycles. The molecule has 0 aliphatic carbocycles. The molecular formula is C26H20FN5. The van der Waals surface area contributed by atoms with E-state index in [9.17, 15) is 4.39 Å². The highest BCUT2D eigenvalue weighted by Gasteiger charge is 2.18. The Morgan fingerprint density at radius 3 is 2.59 bits per heavy atom. The molecule has 0 aliphatic heterocycles. The van der Waals surface area contributed by atoms with Gasteiger partial charge in [-0.2, -0.15) is 0 Å². The van der Waals surface area contributed by atoms with Crippen molar-refractivity contribution in [2.24, 2.45) is 0 Å². The van der Waals surface area contributed by atoms with Crippen LogP contribution in [0.3, 0.4) is 0 Å². The molecule has 0 bridgehead atoms. The summed E-state index contributed by atoms with van der Waals surface area (Å²) in [5.41, 5.74) is 6.80. The van der Waals surface area contributed by atoms with Crippen LogP contribution in [0, 0.1) is 12.7 Å². The smallest absolute Gasteiger partial charge is 0.137 e. The number of hydrogen-bond acceptors (Lipinski definition) is 3. The van der Waals surface area contributed by atoms with Crippen molar-refractivity contribution in [2.45, 2.75) is 19.9 Å². The maximum absolute atomic E-state index is 13.5. The van der Waals surface area contributed by atoms with E-state index in [0.29, 0.717) is 0 Å². The van der Waals surface area contributed by atoms with Crippen LogP contribution in [0.2, 0.25) is 0 Å². The van der Waals surface area contributed by atoms with Gasteiger partial charge < -0.3 is 9.55 Å². The van der Waals surface area contributed by atoms with Gasteiger partial charge in [-0.3, -0.25) is 4.98 Å². The predicted octanol–water partition coefficient (Wildman–Crippen LogP) is 6.18. The summed E-state index contributed by atoms with van der Waals surface area (Å²) in [6.45, 7) is 4.11. The van der Waals surface area contributed by atoms with Gasteiger partial charge in [0.2, 0.25) is 0 Å². The number of rotatable bonds is 3. The first-order valence-corrected chi connectivity index (χ1v) is 10.5. The molecule has 5 nitrogen and oxygen atoms in total. The van der Waals surface area contributed by atoms with Gasteiger partial charge in [-0.15, -0.1) is 0 Å². The molecule has 0 radical (unpaired) electrons. The van der Waals surface area contributed by atoms with Gasteiger partial charge in [0.15, 0.2) is 0 Å². The van der Waals surface area contributed by atoms with Crippen molar-refractivity contribution in [3.05, 3.63) is 90.4 Å². The van der Waals surface area contributed by atoms with Gasteiger partial charge in [-0.1, -0.05) is 18.2 Å². The largest absolute Gasteiger partial charge is 0.346 e. The first-order valence-electron chi connectivity index (χ1n) is 10.5. The number of H-pyrrole nitrogens is 1. The summed E-state index contributed by atoms with van der Waals surface area (Å²) in [7, 11) is 0. The Balaban J connectivity index is 1.58. The summed E-state index contributed by atoms with van der Waals surface area (Å²) < 4.78 is 15.7. The summed E-state index contributed by atoms with van der Waals surface area (Å²) in [5.74, 6) is 0.660. The van der Waals surface area contributed by atoms with Crippen LogP contribution in [-0.4, -0.2) is 24.5 Å². The summed E-state index contributed by atoms with van der Waals surface area (Å²) in [6.07, 6.45) is 5.61. The summed E-state index contributed by atoms with van der Waals surface area (Å²) in [5, 5.41) is 2.11. The van der Waals surface area contributed by atoms with Crippen molar-refractivity contribution < 1.29 is 4.39 Å². The minimum atomic E-state index is -0.236. The fraction of sp³-hybridized carbons (Fsp3) is 0.115. The fourth-order valence-corrected chi connectivity index (χ4v) is 4.53. The number of nitrogens with zero attached hydrogens (tertiary/aromatic N) is 4. The van der Waals surface area contributed by atoms with Crippen LogP contribution in [0.5, 0.6) is 0 Å². The Morgan fingerprint density at radius 2 is 1.75 bits per heavy atom. The summed E-state index contributed by atoms with van der Waals surface area (Å²) >= 11 is 0. The molecule has 32 heavy (non-hydrogen) atoms. The Bertz CT molecular complexity index is 1610.